The van der Waals surface area contributed by atoms with Gasteiger partial charge in [0.25, 0.3) is 5.91 Å². The number of thioether (sulfide) groups is 1. The number of carbonyl (C=O) groups is 1. The molecule has 0 radical (unpaired) electrons. The number of aromatic nitrogens is 1. The zero-order valence-electron chi connectivity index (χ0n) is 13.5. The third kappa shape index (κ3) is 3.86. The molecule has 0 spiro atoms. The largest absolute Gasteiger partial charge is 0.493 e. The van der Waals surface area contributed by atoms with E-state index in [1.165, 1.54) is 11.8 Å². The molecule has 0 aliphatic carbocycles. The van der Waals surface area contributed by atoms with E-state index in [-0.39, 0.29) is 17.5 Å². The van der Waals surface area contributed by atoms with Crippen LogP contribution in [0.3, 0.4) is 0 Å². The summed E-state index contributed by atoms with van der Waals surface area (Å²) in [5, 5.41) is 19.3. The number of aryl methyl sites for hydroxylation is 1. The molecule has 5 nitrogen and oxygen atoms in total. The van der Waals surface area contributed by atoms with Crippen LogP contribution < -0.4 is 0 Å². The lowest BCUT2D eigenvalue weighted by Crippen LogP contribution is -1.96. The smallest absolute Gasteiger partial charge is 0.274 e. The lowest BCUT2D eigenvalue weighted by Gasteiger charge is -2.01. The van der Waals surface area contributed by atoms with E-state index in [0.717, 1.165) is 16.5 Å². The summed E-state index contributed by atoms with van der Waals surface area (Å²) in [6.07, 6.45) is 0. The number of rotatable bonds is 5. The first-order valence-electron chi connectivity index (χ1n) is 7.60. The van der Waals surface area contributed by atoms with Crippen molar-refractivity contribution in [2.75, 3.05) is 5.75 Å². The Morgan fingerprint density at radius 2 is 1.92 bits per heavy atom. The van der Waals surface area contributed by atoms with E-state index >= 15 is 0 Å². The number of aromatic hydroxyl groups is 1. The number of hydrogen-bond donors (Lipinski definition) is 1. The zero-order chi connectivity index (χ0) is 17.8. The summed E-state index contributed by atoms with van der Waals surface area (Å²) < 4.78 is 1.61. The van der Waals surface area contributed by atoms with Gasteiger partial charge in [-0.1, -0.05) is 48.0 Å². The van der Waals surface area contributed by atoms with Gasteiger partial charge in [-0.2, -0.15) is 0 Å². The second-order valence-electron chi connectivity index (χ2n) is 5.43. The molecule has 0 aliphatic rings. The average molecular weight is 374 g/mol. The Morgan fingerprint density at radius 1 is 1.20 bits per heavy atom. The van der Waals surface area contributed by atoms with Crippen LogP contribution in [0.25, 0.3) is 10.9 Å². The summed E-state index contributed by atoms with van der Waals surface area (Å²) in [6.45, 7) is 0. The van der Waals surface area contributed by atoms with Crippen molar-refractivity contribution in [3.63, 3.8) is 0 Å². The molecule has 3 rings (SSSR count). The Bertz CT molecular complexity index is 953. The summed E-state index contributed by atoms with van der Waals surface area (Å²) in [7, 11) is 1.73. The number of para-hydroxylation sites is 1. The number of azo groups is 1. The lowest BCUT2D eigenvalue weighted by molar-refractivity contribution is -0.115. The van der Waals surface area contributed by atoms with Crippen molar-refractivity contribution < 1.29 is 9.90 Å². The third-order valence-electron chi connectivity index (χ3n) is 3.75. The quantitative estimate of drug-likeness (QED) is 0.634. The lowest BCUT2D eigenvalue weighted by atomic mass is 10.2. The Labute approximate surface area is 154 Å². The van der Waals surface area contributed by atoms with E-state index in [9.17, 15) is 9.90 Å². The minimum atomic E-state index is -0.357. The first-order chi connectivity index (χ1) is 12.1. The van der Waals surface area contributed by atoms with Gasteiger partial charge in [-0.15, -0.1) is 22.0 Å². The van der Waals surface area contributed by atoms with Gasteiger partial charge in [0.2, 0.25) is 5.88 Å². The number of carbonyl (C=O) groups excluding carboxylic acids is 1. The number of nitrogens with zero attached hydrogens (tertiary/aromatic N) is 3. The molecule has 0 saturated carbocycles. The average Bonchev–Trinajstić information content (AvgIpc) is 2.86. The summed E-state index contributed by atoms with van der Waals surface area (Å²) >= 11 is 7.51. The molecule has 2 aromatic carbocycles. The summed E-state index contributed by atoms with van der Waals surface area (Å²) in [5.41, 5.74) is 2.11. The Hall–Kier alpha value is -2.31. The fraction of sp³-hybridized carbons (Fsp3) is 0.167. The van der Waals surface area contributed by atoms with Gasteiger partial charge in [-0.25, -0.2) is 0 Å². The zero-order valence-corrected chi connectivity index (χ0v) is 15.1. The Kier molecular flexibility index (Phi) is 5.40. The standard InChI is InChI=1S/C18H16ClN3O2S/c1-22-15-9-5-3-7-13(15)17(18(22)24)21-20-16(23)11-25-10-12-6-2-4-8-14(12)19/h2-9,24H,10-11H2,1H3. The maximum Gasteiger partial charge on any atom is 0.274 e. The molecule has 0 unspecified atom stereocenters. The van der Waals surface area contributed by atoms with Crippen LogP contribution in [-0.2, 0) is 17.6 Å². The second kappa shape index (κ2) is 7.72. The van der Waals surface area contributed by atoms with Crippen LogP contribution >= 0.6 is 23.4 Å². The molecule has 25 heavy (non-hydrogen) atoms. The van der Waals surface area contributed by atoms with Gasteiger partial charge in [0, 0.05) is 23.2 Å². The van der Waals surface area contributed by atoms with Crippen LogP contribution in [0.4, 0.5) is 5.69 Å². The van der Waals surface area contributed by atoms with E-state index in [2.05, 4.69) is 10.2 Å². The van der Waals surface area contributed by atoms with Crippen LogP contribution in [0, 0.1) is 0 Å². The van der Waals surface area contributed by atoms with Crippen LogP contribution in [0.5, 0.6) is 5.88 Å². The number of benzene rings is 2. The molecule has 0 aliphatic heterocycles. The number of hydrogen-bond acceptors (Lipinski definition) is 4. The highest BCUT2D eigenvalue weighted by molar-refractivity contribution is 7.99. The van der Waals surface area contributed by atoms with E-state index in [1.54, 1.807) is 11.6 Å². The molecule has 7 heteroatoms. The molecule has 1 N–H and O–H groups in total. The fourth-order valence-electron chi connectivity index (χ4n) is 2.46. The van der Waals surface area contributed by atoms with Crippen molar-refractivity contribution in [3.8, 4) is 5.88 Å². The van der Waals surface area contributed by atoms with Gasteiger partial charge in [0.15, 0.2) is 5.69 Å². The summed E-state index contributed by atoms with van der Waals surface area (Å²) in [4.78, 5) is 11.9. The van der Waals surface area contributed by atoms with Crippen molar-refractivity contribution >= 4 is 45.9 Å². The molecule has 0 bridgehead atoms. The highest BCUT2D eigenvalue weighted by Crippen LogP contribution is 2.37. The summed E-state index contributed by atoms with van der Waals surface area (Å²) in [5.74, 6) is 0.451. The van der Waals surface area contributed by atoms with Crippen LogP contribution in [-0.4, -0.2) is 21.3 Å². The number of amides is 1. The van der Waals surface area contributed by atoms with Gasteiger partial charge in [-0.05, 0) is 17.7 Å². The first kappa shape index (κ1) is 17.5. The predicted molar refractivity (Wildman–Crippen MR) is 102 cm³/mol. The van der Waals surface area contributed by atoms with E-state index in [4.69, 9.17) is 11.6 Å². The number of halogens is 1. The van der Waals surface area contributed by atoms with Gasteiger partial charge in [0.05, 0.1) is 11.3 Å². The predicted octanol–water partition coefficient (Wildman–Crippen LogP) is 5.08. The Morgan fingerprint density at radius 3 is 2.72 bits per heavy atom. The van der Waals surface area contributed by atoms with Crippen molar-refractivity contribution in [3.05, 3.63) is 59.1 Å². The second-order valence-corrected chi connectivity index (χ2v) is 6.82. The van der Waals surface area contributed by atoms with Gasteiger partial charge < -0.3 is 9.67 Å². The van der Waals surface area contributed by atoms with Crippen LogP contribution in [0.2, 0.25) is 5.02 Å². The number of fused-ring (bicyclic) bond motifs is 1. The molecule has 1 aromatic heterocycles. The highest BCUT2D eigenvalue weighted by Gasteiger charge is 2.14. The molecule has 0 saturated heterocycles. The maximum atomic E-state index is 11.9. The minimum Gasteiger partial charge on any atom is -0.493 e. The highest BCUT2D eigenvalue weighted by atomic mass is 35.5. The third-order valence-corrected chi connectivity index (χ3v) is 5.09. The molecular weight excluding hydrogens is 358 g/mol. The topological polar surface area (TPSA) is 66.9 Å². The van der Waals surface area contributed by atoms with E-state index in [0.29, 0.717) is 16.5 Å². The van der Waals surface area contributed by atoms with Gasteiger partial charge >= 0.3 is 0 Å². The van der Waals surface area contributed by atoms with Gasteiger partial charge in [-0.3, -0.25) is 4.79 Å². The van der Waals surface area contributed by atoms with Crippen molar-refractivity contribution in [1.29, 1.82) is 0 Å². The molecular formula is C18H16ClN3O2S. The monoisotopic (exact) mass is 373 g/mol. The van der Waals surface area contributed by atoms with Crippen molar-refractivity contribution in [1.82, 2.24) is 4.57 Å². The molecule has 0 atom stereocenters. The molecule has 128 valence electrons. The Balaban J connectivity index is 1.65. The maximum absolute atomic E-state index is 11.9. The molecule has 3 aromatic rings. The van der Waals surface area contributed by atoms with E-state index < -0.39 is 0 Å². The minimum absolute atomic E-state index is 0.0125. The summed E-state index contributed by atoms with van der Waals surface area (Å²) in [6, 6.07) is 15.0. The van der Waals surface area contributed by atoms with Crippen molar-refractivity contribution in [2.45, 2.75) is 5.75 Å². The van der Waals surface area contributed by atoms with Gasteiger partial charge in [0.1, 0.15) is 0 Å². The van der Waals surface area contributed by atoms with Crippen LogP contribution in [0.1, 0.15) is 5.56 Å². The molecule has 1 heterocycles. The fourth-order valence-corrected chi connectivity index (χ4v) is 3.54. The van der Waals surface area contributed by atoms with Crippen molar-refractivity contribution in [2.24, 2.45) is 17.3 Å². The van der Waals surface area contributed by atoms with E-state index in [1.807, 2.05) is 48.5 Å². The normalized spacial score (nSPS) is 11.4. The SMILES string of the molecule is Cn1c(O)c(N=NC(=O)CSCc2ccccc2Cl)c2ccccc21. The first-order valence-corrected chi connectivity index (χ1v) is 9.13. The molecule has 1 amide bonds. The van der Waals surface area contributed by atoms with Crippen LogP contribution in [0.15, 0.2) is 58.8 Å². The molecule has 0 fully saturated rings.